The van der Waals surface area contributed by atoms with Gasteiger partial charge in [0.05, 0.1) is 17.3 Å². The Labute approximate surface area is 213 Å². The van der Waals surface area contributed by atoms with Crippen molar-refractivity contribution in [1.82, 2.24) is 19.9 Å². The van der Waals surface area contributed by atoms with Crippen LogP contribution in [0.15, 0.2) is 73.4 Å². The van der Waals surface area contributed by atoms with E-state index in [2.05, 4.69) is 37.4 Å². The minimum Gasteiger partial charge on any atom is -0.383 e. The van der Waals surface area contributed by atoms with E-state index in [1.165, 1.54) is 6.08 Å². The number of aromatic nitrogens is 3. The molecular weight excluding hydrogens is 471 g/mol. The van der Waals surface area contributed by atoms with E-state index in [1.54, 1.807) is 18.3 Å². The Bertz CT molecular complexity index is 1440. The highest BCUT2D eigenvalue weighted by Crippen LogP contribution is 2.31. The zero-order valence-electron chi connectivity index (χ0n) is 20.1. The molecule has 1 fully saturated rings. The van der Waals surface area contributed by atoms with E-state index in [9.17, 15) is 9.18 Å². The average Bonchev–Trinajstić information content (AvgIpc) is 2.88. The summed E-state index contributed by atoms with van der Waals surface area (Å²) in [6, 6.07) is 17.2. The van der Waals surface area contributed by atoms with Crippen LogP contribution in [0.25, 0.3) is 22.2 Å². The van der Waals surface area contributed by atoms with Gasteiger partial charge in [0.15, 0.2) is 0 Å². The van der Waals surface area contributed by atoms with Crippen LogP contribution < -0.4 is 21.7 Å². The molecule has 1 saturated heterocycles. The van der Waals surface area contributed by atoms with Crippen molar-refractivity contribution >= 4 is 45.6 Å². The molecule has 0 spiro atoms. The topological polar surface area (TPSA) is 121 Å². The van der Waals surface area contributed by atoms with Gasteiger partial charge in [-0.3, -0.25) is 14.7 Å². The van der Waals surface area contributed by atoms with Gasteiger partial charge in [0.25, 0.3) is 0 Å². The predicted molar refractivity (Wildman–Crippen MR) is 146 cm³/mol. The largest absolute Gasteiger partial charge is 0.383 e. The summed E-state index contributed by atoms with van der Waals surface area (Å²) >= 11 is 0. The first kappa shape index (κ1) is 24.1. The molecule has 10 heteroatoms. The van der Waals surface area contributed by atoms with Gasteiger partial charge in [-0.05, 0) is 48.5 Å². The zero-order valence-corrected chi connectivity index (χ0v) is 20.1. The van der Waals surface area contributed by atoms with Crippen molar-refractivity contribution in [1.29, 1.82) is 0 Å². The zero-order chi connectivity index (χ0) is 25.8. The fourth-order valence-corrected chi connectivity index (χ4v) is 4.27. The third-order valence-corrected chi connectivity index (χ3v) is 6.11. The molecule has 0 atom stereocenters. The van der Waals surface area contributed by atoms with Crippen LogP contribution in [0.4, 0.5) is 33.2 Å². The van der Waals surface area contributed by atoms with Gasteiger partial charge < -0.3 is 21.7 Å². The van der Waals surface area contributed by atoms with E-state index in [0.717, 1.165) is 30.0 Å². The van der Waals surface area contributed by atoms with E-state index in [0.29, 0.717) is 46.6 Å². The fourth-order valence-electron chi connectivity index (χ4n) is 4.27. The quantitative estimate of drug-likeness (QED) is 0.253. The second kappa shape index (κ2) is 10.6. The Morgan fingerprint density at radius 3 is 2.65 bits per heavy atom. The second-order valence-electron chi connectivity index (χ2n) is 8.75. The van der Waals surface area contributed by atoms with E-state index < -0.39 is 0 Å². The summed E-state index contributed by atoms with van der Waals surface area (Å²) in [4.78, 5) is 27.4. The van der Waals surface area contributed by atoms with Crippen LogP contribution in [-0.2, 0) is 4.79 Å². The number of carbonyl (C=O) groups excluding carboxylic acids is 1. The highest BCUT2D eigenvalue weighted by molar-refractivity contribution is 6.01. The molecule has 0 radical (unpaired) electrons. The van der Waals surface area contributed by atoms with Gasteiger partial charge in [-0.25, -0.2) is 9.37 Å². The third-order valence-electron chi connectivity index (χ3n) is 6.11. The number of nitrogens with zero attached hydrogens (tertiary/aromatic N) is 4. The Hall–Kier alpha value is -4.57. The van der Waals surface area contributed by atoms with Gasteiger partial charge in [0.2, 0.25) is 11.9 Å². The molecule has 188 valence electrons. The van der Waals surface area contributed by atoms with E-state index in [4.69, 9.17) is 10.7 Å². The van der Waals surface area contributed by atoms with Gasteiger partial charge in [-0.2, -0.15) is 4.98 Å². The molecule has 3 heterocycles. The summed E-state index contributed by atoms with van der Waals surface area (Å²) in [7, 11) is 0. The summed E-state index contributed by atoms with van der Waals surface area (Å²) < 4.78 is 12.4. The van der Waals surface area contributed by atoms with Gasteiger partial charge in [-0.1, -0.05) is 18.7 Å². The van der Waals surface area contributed by atoms with Gasteiger partial charge in [0, 0.05) is 53.8 Å². The van der Waals surface area contributed by atoms with Crippen molar-refractivity contribution in [3.63, 3.8) is 0 Å². The number of anilines is 5. The van der Waals surface area contributed by atoms with Crippen molar-refractivity contribution < 1.29 is 9.18 Å². The monoisotopic (exact) mass is 498 g/mol. The first-order valence-corrected chi connectivity index (χ1v) is 11.9. The Morgan fingerprint density at radius 1 is 1.11 bits per heavy atom. The standard InChI is InChI=1S/C27H27FN8O/c1-2-24(37)32-19-10-12-30-23(14-19)21-4-3-5-22-25(21)34-27(35-26(22)29)33-18-8-6-17(7-9-18)31-20-15-36(16-20)13-11-28/h2-10,12,14,20,31H,1,11,13,15-16H2,(H,30,32,37)(H3,29,33,34,35). The predicted octanol–water partition coefficient (Wildman–Crippen LogP) is 4.21. The smallest absolute Gasteiger partial charge is 0.247 e. The number of alkyl halides is 1. The van der Waals surface area contributed by atoms with Crippen molar-refractivity contribution in [2.45, 2.75) is 6.04 Å². The number of carbonyl (C=O) groups is 1. The number of hydrogen-bond acceptors (Lipinski definition) is 8. The lowest BCUT2D eigenvalue weighted by Gasteiger charge is -2.39. The number of amides is 1. The molecular formula is C27H27FN8O. The molecule has 5 rings (SSSR count). The van der Waals surface area contributed by atoms with Crippen LogP contribution in [-0.4, -0.2) is 58.1 Å². The average molecular weight is 499 g/mol. The van der Waals surface area contributed by atoms with Crippen molar-refractivity contribution in [2.24, 2.45) is 0 Å². The second-order valence-corrected chi connectivity index (χ2v) is 8.75. The minimum atomic E-state index is -0.313. The molecule has 1 amide bonds. The number of fused-ring (bicyclic) bond motifs is 1. The van der Waals surface area contributed by atoms with Gasteiger partial charge in [-0.15, -0.1) is 0 Å². The fraction of sp³-hybridized carbons (Fsp3) is 0.185. The van der Waals surface area contributed by atoms with Crippen LogP contribution in [0.3, 0.4) is 0 Å². The maximum absolute atomic E-state index is 12.4. The lowest BCUT2D eigenvalue weighted by atomic mass is 10.1. The number of halogens is 1. The molecule has 37 heavy (non-hydrogen) atoms. The number of para-hydroxylation sites is 1. The summed E-state index contributed by atoms with van der Waals surface area (Å²) in [6.45, 7) is 5.35. The Morgan fingerprint density at radius 2 is 1.89 bits per heavy atom. The maximum Gasteiger partial charge on any atom is 0.247 e. The number of nitrogens with one attached hydrogen (secondary N) is 3. The summed E-state index contributed by atoms with van der Waals surface area (Å²) in [5, 5.41) is 10.1. The highest BCUT2D eigenvalue weighted by Gasteiger charge is 2.25. The summed E-state index contributed by atoms with van der Waals surface area (Å²) in [6.07, 6.45) is 2.83. The molecule has 0 saturated carbocycles. The van der Waals surface area contributed by atoms with Crippen LogP contribution in [0.2, 0.25) is 0 Å². The molecule has 4 aromatic rings. The molecule has 2 aromatic carbocycles. The number of hydrogen-bond donors (Lipinski definition) is 4. The SMILES string of the molecule is C=CC(=O)Nc1ccnc(-c2cccc3c(N)nc(Nc4ccc(NC5CN(CCF)C5)cc4)nc23)c1. The molecule has 9 nitrogen and oxygen atoms in total. The molecule has 5 N–H and O–H groups in total. The highest BCUT2D eigenvalue weighted by atomic mass is 19.1. The minimum absolute atomic E-state index is 0.305. The van der Waals surface area contributed by atoms with Crippen molar-refractivity contribution in [3.05, 3.63) is 73.4 Å². The number of rotatable bonds is 9. The molecule has 0 unspecified atom stereocenters. The molecule has 1 aliphatic heterocycles. The number of nitrogen functional groups attached to an aromatic ring is 1. The lowest BCUT2D eigenvalue weighted by Crippen LogP contribution is -2.55. The van der Waals surface area contributed by atoms with Crippen LogP contribution >= 0.6 is 0 Å². The normalized spacial score (nSPS) is 13.6. The first-order chi connectivity index (χ1) is 18.0. The summed E-state index contributed by atoms with van der Waals surface area (Å²) in [5.74, 6) is 0.391. The van der Waals surface area contributed by atoms with Crippen molar-refractivity contribution in [3.8, 4) is 11.3 Å². The van der Waals surface area contributed by atoms with Crippen LogP contribution in [0.5, 0.6) is 0 Å². The van der Waals surface area contributed by atoms with Gasteiger partial charge in [0.1, 0.15) is 12.5 Å². The molecule has 0 aliphatic carbocycles. The van der Waals surface area contributed by atoms with E-state index in [1.807, 2.05) is 42.5 Å². The molecule has 2 aromatic heterocycles. The van der Waals surface area contributed by atoms with Gasteiger partial charge >= 0.3 is 0 Å². The van der Waals surface area contributed by atoms with Crippen LogP contribution in [0.1, 0.15) is 0 Å². The Kier molecular flexibility index (Phi) is 6.91. The molecule has 1 aliphatic rings. The van der Waals surface area contributed by atoms with E-state index >= 15 is 0 Å². The number of benzene rings is 2. The van der Waals surface area contributed by atoms with Crippen LogP contribution in [0, 0.1) is 0 Å². The molecule has 0 bridgehead atoms. The van der Waals surface area contributed by atoms with Crippen molar-refractivity contribution in [2.75, 3.05) is 48.0 Å². The first-order valence-electron chi connectivity index (χ1n) is 11.9. The number of nitrogens with two attached hydrogens (primary N) is 1. The maximum atomic E-state index is 12.4. The Balaban J connectivity index is 1.36. The van der Waals surface area contributed by atoms with E-state index in [-0.39, 0.29) is 12.6 Å². The lowest BCUT2D eigenvalue weighted by molar-refractivity contribution is -0.111. The summed E-state index contributed by atoms with van der Waals surface area (Å²) in [5.41, 5.74) is 10.7. The number of likely N-dealkylation sites (tertiary alicyclic amines) is 1. The number of pyridine rings is 1. The third kappa shape index (κ3) is 5.49.